The van der Waals surface area contributed by atoms with Gasteiger partial charge in [-0.1, -0.05) is 6.07 Å². The predicted octanol–water partition coefficient (Wildman–Crippen LogP) is 2.68. The molecule has 92 valence electrons. The van der Waals surface area contributed by atoms with Crippen molar-refractivity contribution in [2.75, 3.05) is 0 Å². The minimum atomic E-state index is 0.351. The highest BCUT2D eigenvalue weighted by molar-refractivity contribution is 7.99. The third-order valence-corrected chi connectivity index (χ3v) is 3.32. The topological polar surface area (TPSA) is 78.2 Å². The maximum Gasteiger partial charge on any atom is 0.196 e. The highest BCUT2D eigenvalue weighted by Gasteiger charge is 2.07. The van der Waals surface area contributed by atoms with Gasteiger partial charge in [0, 0.05) is 6.20 Å². The Balaban J connectivity index is 1.94. The lowest BCUT2D eigenvalue weighted by Gasteiger charge is -1.95. The number of aromatic nitrogens is 4. The van der Waals surface area contributed by atoms with Crippen molar-refractivity contribution < 1.29 is 0 Å². The summed E-state index contributed by atoms with van der Waals surface area (Å²) in [6, 6.07) is 9.60. The van der Waals surface area contributed by atoms with Crippen molar-refractivity contribution in [3.63, 3.8) is 0 Å². The van der Waals surface area contributed by atoms with Crippen LogP contribution < -0.4 is 0 Å². The number of nitriles is 1. The fourth-order valence-electron chi connectivity index (χ4n) is 1.69. The largest absolute Gasteiger partial charge is 0.333 e. The second-order valence-corrected chi connectivity index (χ2v) is 4.96. The van der Waals surface area contributed by atoms with Crippen LogP contribution in [0, 0.1) is 18.3 Å². The zero-order valence-electron chi connectivity index (χ0n) is 10.1. The van der Waals surface area contributed by atoms with Crippen LogP contribution in [-0.2, 0) is 0 Å². The van der Waals surface area contributed by atoms with Gasteiger partial charge in [-0.15, -0.1) is 0 Å². The molecular weight excluding hydrogens is 258 g/mol. The molecule has 0 spiro atoms. The summed E-state index contributed by atoms with van der Waals surface area (Å²) in [5.41, 5.74) is 3.42. The van der Waals surface area contributed by atoms with Gasteiger partial charge in [-0.2, -0.15) is 5.26 Å². The lowest BCUT2D eigenvalue weighted by molar-refractivity contribution is 0.941. The summed E-state index contributed by atoms with van der Waals surface area (Å²) in [5, 5.41) is 10.0. The second-order valence-electron chi connectivity index (χ2n) is 4.00. The quantitative estimate of drug-likeness (QED) is 0.722. The minimum absolute atomic E-state index is 0.351. The third-order valence-electron chi connectivity index (χ3n) is 2.55. The van der Waals surface area contributed by atoms with Crippen molar-refractivity contribution in [2.45, 2.75) is 17.2 Å². The fourth-order valence-corrected chi connectivity index (χ4v) is 2.42. The molecule has 19 heavy (non-hydrogen) atoms. The maximum atomic E-state index is 8.80. The summed E-state index contributed by atoms with van der Waals surface area (Å²) in [5.74, 6) is 0. The number of hydrogen-bond acceptors (Lipinski definition) is 5. The monoisotopic (exact) mass is 267 g/mol. The molecule has 0 saturated heterocycles. The van der Waals surface area contributed by atoms with Gasteiger partial charge in [-0.05, 0) is 42.4 Å². The fraction of sp³-hybridized carbons (Fsp3) is 0.0769. The van der Waals surface area contributed by atoms with Crippen LogP contribution in [0.4, 0.5) is 0 Å². The second kappa shape index (κ2) is 4.71. The van der Waals surface area contributed by atoms with Crippen molar-refractivity contribution in [3.8, 4) is 6.07 Å². The Labute approximate surface area is 113 Å². The van der Waals surface area contributed by atoms with Gasteiger partial charge in [-0.3, -0.25) is 0 Å². The van der Waals surface area contributed by atoms with Crippen LogP contribution in [0.3, 0.4) is 0 Å². The lowest BCUT2D eigenvalue weighted by atomic mass is 10.2. The third kappa shape index (κ3) is 2.41. The minimum Gasteiger partial charge on any atom is -0.333 e. The number of imidazole rings is 1. The van der Waals surface area contributed by atoms with Crippen LogP contribution in [-0.4, -0.2) is 19.9 Å². The molecule has 0 aliphatic carbocycles. The van der Waals surface area contributed by atoms with Gasteiger partial charge < -0.3 is 4.98 Å². The summed E-state index contributed by atoms with van der Waals surface area (Å²) in [4.78, 5) is 15.9. The van der Waals surface area contributed by atoms with E-state index in [9.17, 15) is 0 Å². The zero-order chi connectivity index (χ0) is 13.2. The Morgan fingerprint density at radius 1 is 1.26 bits per heavy atom. The van der Waals surface area contributed by atoms with E-state index in [2.05, 4.69) is 19.9 Å². The van der Waals surface area contributed by atoms with Gasteiger partial charge in [-0.25, -0.2) is 15.0 Å². The SMILES string of the molecule is Cc1ccc2nc(Sc3nccc(C#N)n3)[nH]c2c1. The first-order valence-electron chi connectivity index (χ1n) is 5.62. The Hall–Kier alpha value is -2.39. The van der Waals surface area contributed by atoms with E-state index in [-0.39, 0.29) is 0 Å². The van der Waals surface area contributed by atoms with E-state index < -0.39 is 0 Å². The van der Waals surface area contributed by atoms with Crippen LogP contribution >= 0.6 is 11.8 Å². The number of aryl methyl sites for hydroxylation is 1. The van der Waals surface area contributed by atoms with Gasteiger partial charge in [0.1, 0.15) is 11.8 Å². The Kier molecular flexibility index (Phi) is 2.89. The van der Waals surface area contributed by atoms with E-state index in [1.54, 1.807) is 12.3 Å². The molecule has 0 radical (unpaired) electrons. The van der Waals surface area contributed by atoms with E-state index in [1.807, 2.05) is 31.2 Å². The molecule has 3 aromatic rings. The first-order chi connectivity index (χ1) is 9.24. The molecule has 1 aromatic carbocycles. The van der Waals surface area contributed by atoms with Gasteiger partial charge in [0.15, 0.2) is 10.3 Å². The Morgan fingerprint density at radius 3 is 3.00 bits per heavy atom. The van der Waals surface area contributed by atoms with Crippen LogP contribution in [0.25, 0.3) is 11.0 Å². The average Bonchev–Trinajstić information content (AvgIpc) is 2.80. The predicted molar refractivity (Wildman–Crippen MR) is 71.7 cm³/mol. The molecule has 2 aromatic heterocycles. The zero-order valence-corrected chi connectivity index (χ0v) is 10.9. The number of H-pyrrole nitrogens is 1. The molecule has 0 aliphatic heterocycles. The van der Waals surface area contributed by atoms with E-state index in [0.29, 0.717) is 10.9 Å². The number of rotatable bonds is 2. The summed E-state index contributed by atoms with van der Waals surface area (Å²) >= 11 is 1.31. The van der Waals surface area contributed by atoms with Crippen molar-refractivity contribution >= 4 is 22.8 Å². The smallest absolute Gasteiger partial charge is 0.196 e. The number of nitrogens with one attached hydrogen (secondary N) is 1. The van der Waals surface area contributed by atoms with Gasteiger partial charge >= 0.3 is 0 Å². The molecule has 0 amide bonds. The molecule has 2 heterocycles. The summed E-state index contributed by atoms with van der Waals surface area (Å²) in [6.45, 7) is 2.03. The summed E-state index contributed by atoms with van der Waals surface area (Å²) in [6.07, 6.45) is 1.57. The molecule has 1 N–H and O–H groups in total. The van der Waals surface area contributed by atoms with Crippen LogP contribution in [0.1, 0.15) is 11.3 Å². The van der Waals surface area contributed by atoms with Gasteiger partial charge in [0.05, 0.1) is 11.0 Å². The number of benzene rings is 1. The first-order valence-corrected chi connectivity index (χ1v) is 6.43. The van der Waals surface area contributed by atoms with Crippen molar-refractivity contribution in [1.29, 1.82) is 5.26 Å². The van der Waals surface area contributed by atoms with E-state index in [4.69, 9.17) is 5.26 Å². The molecule has 5 nitrogen and oxygen atoms in total. The lowest BCUT2D eigenvalue weighted by Crippen LogP contribution is -1.89. The molecule has 0 bridgehead atoms. The van der Waals surface area contributed by atoms with E-state index in [0.717, 1.165) is 16.2 Å². The van der Waals surface area contributed by atoms with Crippen LogP contribution in [0.15, 0.2) is 40.8 Å². The molecule has 6 heteroatoms. The number of aromatic amines is 1. The van der Waals surface area contributed by atoms with Crippen molar-refractivity contribution in [3.05, 3.63) is 41.7 Å². The first kappa shape index (κ1) is 11.7. The molecule has 0 aliphatic rings. The van der Waals surface area contributed by atoms with Gasteiger partial charge in [0.25, 0.3) is 0 Å². The van der Waals surface area contributed by atoms with Crippen LogP contribution in [0.5, 0.6) is 0 Å². The number of nitrogens with zero attached hydrogens (tertiary/aromatic N) is 4. The molecule has 0 unspecified atom stereocenters. The molecule has 3 rings (SSSR count). The standard InChI is InChI=1S/C13H9N5S/c1-8-2-3-10-11(6-8)18-13(17-10)19-12-15-5-4-9(7-14)16-12/h2-6H,1H3,(H,17,18). The number of hydrogen-bond donors (Lipinski definition) is 1. The molecule has 0 atom stereocenters. The maximum absolute atomic E-state index is 8.80. The van der Waals surface area contributed by atoms with Crippen molar-refractivity contribution in [2.24, 2.45) is 0 Å². The average molecular weight is 267 g/mol. The molecule has 0 fully saturated rings. The highest BCUT2D eigenvalue weighted by atomic mass is 32.2. The summed E-state index contributed by atoms with van der Waals surface area (Å²) in [7, 11) is 0. The van der Waals surface area contributed by atoms with Gasteiger partial charge in [0.2, 0.25) is 0 Å². The highest BCUT2D eigenvalue weighted by Crippen LogP contribution is 2.24. The van der Waals surface area contributed by atoms with E-state index in [1.165, 1.54) is 17.3 Å². The normalized spacial score (nSPS) is 10.5. The van der Waals surface area contributed by atoms with E-state index >= 15 is 0 Å². The summed E-state index contributed by atoms with van der Waals surface area (Å²) < 4.78 is 0. The Morgan fingerprint density at radius 2 is 2.16 bits per heavy atom. The number of fused-ring (bicyclic) bond motifs is 1. The molecular formula is C13H9N5S. The molecule has 0 saturated carbocycles. The van der Waals surface area contributed by atoms with Crippen molar-refractivity contribution in [1.82, 2.24) is 19.9 Å². The van der Waals surface area contributed by atoms with Crippen LogP contribution in [0.2, 0.25) is 0 Å². The Bertz CT molecular complexity index is 787.